The molecule has 0 bridgehead atoms. The molecule has 2 aromatic carbocycles. The first-order chi connectivity index (χ1) is 9.27. The lowest BCUT2D eigenvalue weighted by Crippen LogP contribution is -2.37. The van der Waals surface area contributed by atoms with Gasteiger partial charge >= 0.3 is 0 Å². The molecule has 0 spiro atoms. The molecule has 0 aliphatic rings. The van der Waals surface area contributed by atoms with Crippen molar-refractivity contribution in [3.63, 3.8) is 0 Å². The highest BCUT2D eigenvalue weighted by Gasteiger charge is 2.14. The van der Waals surface area contributed by atoms with Crippen molar-refractivity contribution in [2.45, 2.75) is 0 Å². The summed E-state index contributed by atoms with van der Waals surface area (Å²) in [6.45, 7) is 0. The van der Waals surface area contributed by atoms with Crippen molar-refractivity contribution in [3.8, 4) is 5.69 Å². The number of hydrogen-bond acceptors (Lipinski definition) is 1. The Morgan fingerprint density at radius 3 is 2.37 bits per heavy atom. The van der Waals surface area contributed by atoms with Crippen molar-refractivity contribution in [1.82, 2.24) is 0 Å². The highest BCUT2D eigenvalue weighted by molar-refractivity contribution is 5.88. The first-order valence-corrected chi connectivity index (χ1v) is 6.43. The number of benzene rings is 2. The monoisotopic (exact) mass is 249 g/mol. The molecule has 0 aliphatic carbocycles. The fourth-order valence-corrected chi connectivity index (χ4v) is 2.42. The molecule has 0 amide bonds. The molecule has 0 unspecified atom stereocenters. The molecule has 0 fully saturated rings. The van der Waals surface area contributed by atoms with Gasteiger partial charge in [0.05, 0.1) is 20.3 Å². The van der Waals surface area contributed by atoms with Crippen LogP contribution in [0.2, 0.25) is 0 Å². The molecule has 19 heavy (non-hydrogen) atoms. The molecule has 94 valence electrons. The zero-order valence-corrected chi connectivity index (χ0v) is 11.2. The summed E-state index contributed by atoms with van der Waals surface area (Å²) in [7, 11) is 4.13. The third kappa shape index (κ3) is 2.06. The first-order valence-electron chi connectivity index (χ1n) is 6.43. The summed E-state index contributed by atoms with van der Waals surface area (Å²) in [6, 6.07) is 21.2. The Bertz CT molecular complexity index is 712. The van der Waals surface area contributed by atoms with E-state index in [-0.39, 0.29) is 0 Å². The summed E-state index contributed by atoms with van der Waals surface area (Å²) in [5.41, 5.74) is 1.21. The van der Waals surface area contributed by atoms with Gasteiger partial charge < -0.3 is 0 Å². The predicted molar refractivity (Wildman–Crippen MR) is 79.8 cm³/mol. The van der Waals surface area contributed by atoms with E-state index < -0.39 is 0 Å². The lowest BCUT2D eigenvalue weighted by Gasteiger charge is -2.12. The maximum atomic E-state index is 2.22. The molecule has 0 radical (unpaired) electrons. The van der Waals surface area contributed by atoms with Crippen LogP contribution in [-0.2, 0) is 0 Å². The van der Waals surface area contributed by atoms with Gasteiger partial charge in [0.25, 0.3) is 5.82 Å². The third-order valence-corrected chi connectivity index (χ3v) is 3.32. The lowest BCUT2D eigenvalue weighted by atomic mass is 10.1. The fourth-order valence-electron chi connectivity index (χ4n) is 2.42. The zero-order valence-electron chi connectivity index (χ0n) is 11.2. The number of hydrogen-bond donors (Lipinski definition) is 0. The van der Waals surface area contributed by atoms with Gasteiger partial charge in [-0.1, -0.05) is 42.5 Å². The highest BCUT2D eigenvalue weighted by Crippen LogP contribution is 2.20. The molecule has 0 saturated carbocycles. The Morgan fingerprint density at radius 1 is 0.789 bits per heavy atom. The van der Waals surface area contributed by atoms with Gasteiger partial charge in [-0.05, 0) is 17.5 Å². The largest absolute Gasteiger partial charge is 0.281 e. The van der Waals surface area contributed by atoms with Gasteiger partial charge in [0, 0.05) is 11.5 Å². The molecule has 3 aromatic rings. The van der Waals surface area contributed by atoms with E-state index >= 15 is 0 Å². The molecule has 0 aliphatic heterocycles. The second-order valence-electron chi connectivity index (χ2n) is 4.82. The topological polar surface area (TPSA) is 7.12 Å². The summed E-state index contributed by atoms with van der Waals surface area (Å²) in [4.78, 5) is 2.13. The maximum absolute atomic E-state index is 2.22. The molecule has 0 N–H and O–H groups in total. The van der Waals surface area contributed by atoms with E-state index in [1.807, 2.05) is 0 Å². The molecule has 3 rings (SSSR count). The average molecular weight is 249 g/mol. The normalized spacial score (nSPS) is 10.6. The number of aromatic nitrogens is 1. The minimum absolute atomic E-state index is 1.17. The van der Waals surface area contributed by atoms with Crippen LogP contribution in [0.3, 0.4) is 0 Å². The van der Waals surface area contributed by atoms with E-state index in [1.54, 1.807) is 0 Å². The summed E-state index contributed by atoms with van der Waals surface area (Å²) < 4.78 is 2.22. The summed E-state index contributed by atoms with van der Waals surface area (Å²) in [5.74, 6) is 1.17. The van der Waals surface area contributed by atoms with Crippen molar-refractivity contribution >= 4 is 16.6 Å². The minimum atomic E-state index is 1.17. The van der Waals surface area contributed by atoms with Crippen molar-refractivity contribution in [2.24, 2.45) is 0 Å². The molecule has 1 heterocycles. The van der Waals surface area contributed by atoms with Crippen molar-refractivity contribution in [2.75, 3.05) is 19.0 Å². The van der Waals surface area contributed by atoms with Crippen LogP contribution in [0, 0.1) is 0 Å². The second-order valence-corrected chi connectivity index (χ2v) is 4.82. The Balaban J connectivity index is 2.31. The highest BCUT2D eigenvalue weighted by atomic mass is 15.2. The van der Waals surface area contributed by atoms with Gasteiger partial charge in [-0.15, -0.1) is 0 Å². The summed E-state index contributed by atoms with van der Waals surface area (Å²) >= 11 is 0. The van der Waals surface area contributed by atoms with Gasteiger partial charge in [-0.2, -0.15) is 4.57 Å². The van der Waals surface area contributed by atoms with E-state index in [0.717, 1.165) is 0 Å². The van der Waals surface area contributed by atoms with Gasteiger partial charge in [-0.25, -0.2) is 0 Å². The Kier molecular flexibility index (Phi) is 2.92. The lowest BCUT2D eigenvalue weighted by molar-refractivity contribution is -0.580. The molecule has 1 aromatic heterocycles. The van der Waals surface area contributed by atoms with Crippen LogP contribution < -0.4 is 9.47 Å². The first kappa shape index (κ1) is 11.7. The molecule has 0 atom stereocenters. The second kappa shape index (κ2) is 4.73. The van der Waals surface area contributed by atoms with Gasteiger partial charge in [0.15, 0.2) is 0 Å². The molecule has 2 nitrogen and oxygen atoms in total. The zero-order chi connectivity index (χ0) is 13.2. The van der Waals surface area contributed by atoms with Crippen LogP contribution in [0.4, 0.5) is 5.82 Å². The van der Waals surface area contributed by atoms with Crippen LogP contribution in [0.1, 0.15) is 0 Å². The van der Waals surface area contributed by atoms with Crippen LogP contribution in [0.15, 0.2) is 66.9 Å². The van der Waals surface area contributed by atoms with E-state index in [2.05, 4.69) is 90.4 Å². The molecule has 0 saturated heterocycles. The Labute approximate surface area is 113 Å². The smallest absolute Gasteiger partial charge is 0.267 e. The Hall–Kier alpha value is -2.35. The van der Waals surface area contributed by atoms with E-state index in [0.29, 0.717) is 0 Å². The fraction of sp³-hybridized carbons (Fsp3) is 0.118. The van der Waals surface area contributed by atoms with Crippen LogP contribution in [-0.4, -0.2) is 14.1 Å². The molecular weight excluding hydrogens is 232 g/mol. The Morgan fingerprint density at radius 2 is 1.53 bits per heavy atom. The van der Waals surface area contributed by atoms with Crippen LogP contribution in [0.5, 0.6) is 0 Å². The SMILES string of the molecule is CN(C)c1cccc[n+]1-c1cccc2ccccc12. The molecule has 2 heteroatoms. The standard InChI is InChI=1S/C17H17N2/c1-18(2)17-12-5-6-13-19(17)16-11-7-9-14-8-3-4-10-15(14)16/h3-13H,1-2H3/q+1. The quantitative estimate of drug-likeness (QED) is 0.633. The van der Waals surface area contributed by atoms with Crippen molar-refractivity contribution in [3.05, 3.63) is 66.9 Å². The van der Waals surface area contributed by atoms with E-state index in [9.17, 15) is 0 Å². The summed E-state index contributed by atoms with van der Waals surface area (Å²) in [5, 5.41) is 2.53. The average Bonchev–Trinajstić information content (AvgIpc) is 2.46. The van der Waals surface area contributed by atoms with Crippen molar-refractivity contribution < 1.29 is 4.57 Å². The van der Waals surface area contributed by atoms with E-state index in [1.165, 1.54) is 22.3 Å². The molecular formula is C17H17N2+. The van der Waals surface area contributed by atoms with E-state index in [4.69, 9.17) is 0 Å². The van der Waals surface area contributed by atoms with Crippen molar-refractivity contribution in [1.29, 1.82) is 0 Å². The number of anilines is 1. The number of nitrogens with zero attached hydrogens (tertiary/aromatic N) is 2. The maximum Gasteiger partial charge on any atom is 0.281 e. The number of rotatable bonds is 2. The third-order valence-electron chi connectivity index (χ3n) is 3.32. The van der Waals surface area contributed by atoms with Gasteiger partial charge in [-0.3, -0.25) is 4.90 Å². The minimum Gasteiger partial charge on any atom is -0.267 e. The van der Waals surface area contributed by atoms with Gasteiger partial charge in [0.1, 0.15) is 5.69 Å². The summed E-state index contributed by atoms with van der Waals surface area (Å²) in [6.07, 6.45) is 2.11. The number of pyridine rings is 1. The van der Waals surface area contributed by atoms with Crippen LogP contribution >= 0.6 is 0 Å². The van der Waals surface area contributed by atoms with Crippen LogP contribution in [0.25, 0.3) is 16.5 Å². The number of fused-ring (bicyclic) bond motifs is 1. The predicted octanol–water partition coefficient (Wildman–Crippen LogP) is 3.18. The van der Waals surface area contributed by atoms with Gasteiger partial charge in [0.2, 0.25) is 0 Å².